The molecule has 0 radical (unpaired) electrons. The van der Waals surface area contributed by atoms with Gasteiger partial charge in [0.2, 0.25) is 0 Å². The molecule has 1 nitrogen and oxygen atoms in total. The van der Waals surface area contributed by atoms with Gasteiger partial charge in [-0.15, -0.1) is 0 Å². The van der Waals surface area contributed by atoms with Gasteiger partial charge in [-0.25, -0.2) is 0 Å². The Bertz CT molecular complexity index is 8.00. The van der Waals surface area contributed by atoms with Gasteiger partial charge in [-0.3, -0.25) is 0 Å². The van der Waals surface area contributed by atoms with Gasteiger partial charge in [0.25, 0.3) is 0 Å². The van der Waals surface area contributed by atoms with Crippen molar-refractivity contribution in [2.45, 2.75) is 7.43 Å². The molecule has 0 aliphatic heterocycles. The fourth-order valence-corrected chi connectivity index (χ4v) is 0. The second kappa shape index (κ2) is 25.1. The molecule has 0 bridgehead atoms. The maximum atomic E-state index is 0. The van der Waals surface area contributed by atoms with Gasteiger partial charge in [0.05, 0.1) is 0 Å². The summed E-state index contributed by atoms with van der Waals surface area (Å²) in [4.78, 5) is 0. The number of rotatable bonds is 0. The minimum absolute atomic E-state index is 0. The summed E-state index contributed by atoms with van der Waals surface area (Å²) in [5.74, 6) is 0. The first-order chi connectivity index (χ1) is 0. The van der Waals surface area contributed by atoms with Crippen molar-refractivity contribution < 1.29 is 27.7 Å². The van der Waals surface area contributed by atoms with E-state index in [1.165, 1.54) is 0 Å². The van der Waals surface area contributed by atoms with Crippen LogP contribution in [0.3, 0.4) is 0 Å². The van der Waals surface area contributed by atoms with E-state index >= 15 is 0 Å². The molecule has 1 unspecified atom stereocenters. The van der Waals surface area contributed by atoms with Crippen molar-refractivity contribution in [2.24, 2.45) is 0 Å². The predicted molar refractivity (Wildman–Crippen MR) is 21.7 cm³/mol. The molecule has 0 aliphatic carbocycles. The van der Waals surface area contributed by atoms with Crippen LogP contribution in [0.4, 0.5) is 0 Å². The maximum absolute atomic E-state index is 0. The van der Waals surface area contributed by atoms with Crippen molar-refractivity contribution in [3.05, 3.63) is 0 Å². The summed E-state index contributed by atoms with van der Waals surface area (Å²) in [6.07, 6.45) is 0. The fourth-order valence-electron chi connectivity index (χ4n) is 0. The van der Waals surface area contributed by atoms with E-state index in [1.807, 2.05) is 0 Å². The van der Waals surface area contributed by atoms with Crippen molar-refractivity contribution >= 4 is 18.0 Å². The first-order valence-electron chi connectivity index (χ1n) is 0. The molecule has 0 spiro atoms. The number of hydrogen-bond acceptors (Lipinski definition) is 1. The molecule has 0 saturated carbocycles. The van der Waals surface area contributed by atoms with Gasteiger partial charge in [0.15, 0.2) is 0 Å². The van der Waals surface area contributed by atoms with Gasteiger partial charge in [0.1, 0.15) is 0 Å². The molecule has 0 heterocycles. The second-order valence-electron chi connectivity index (χ2n) is 0. The fraction of sp³-hybridized carbons (Fsp3) is 1.00. The topological polar surface area (TPSA) is 35.0 Å². The standard InChI is InChI=1S/CH4.AsH3.Hg.H3N/h1H4;1H3;;1H3. The van der Waals surface area contributed by atoms with E-state index in [2.05, 4.69) is 0 Å². The molecule has 0 aromatic carbocycles. The van der Waals surface area contributed by atoms with E-state index in [0.717, 1.165) is 0 Å². The molecule has 0 saturated heterocycles. The van der Waals surface area contributed by atoms with Crippen LogP contribution >= 0.6 is 0 Å². The zero-order chi connectivity index (χ0) is 0. The molecule has 0 aromatic rings. The quantitative estimate of drug-likeness (QED) is 0.608. The summed E-state index contributed by atoms with van der Waals surface area (Å²) in [5.41, 5.74) is 0. The summed E-state index contributed by atoms with van der Waals surface area (Å²) >= 11 is 0. The molecule has 26 valence electrons. The summed E-state index contributed by atoms with van der Waals surface area (Å²) < 4.78 is 0. The Balaban J connectivity index is 0. The van der Waals surface area contributed by atoms with E-state index in [1.54, 1.807) is 0 Å². The SMILES string of the molecule is C.N.[AsH3].[Hg]. The maximum Gasteiger partial charge on any atom is 0 e. The third-order valence-corrected chi connectivity index (χ3v) is 0. The van der Waals surface area contributed by atoms with E-state index in [4.69, 9.17) is 0 Å². The van der Waals surface area contributed by atoms with Gasteiger partial charge < -0.3 is 6.15 Å². The molecule has 0 amide bonds. The third kappa shape index (κ3) is 9.84. The van der Waals surface area contributed by atoms with Crippen molar-refractivity contribution in [1.82, 2.24) is 6.15 Å². The minimum Gasteiger partial charge on any atom is 0 e. The van der Waals surface area contributed by atoms with Crippen molar-refractivity contribution in [3.8, 4) is 0 Å². The van der Waals surface area contributed by atoms with E-state index in [0.29, 0.717) is 0 Å². The van der Waals surface area contributed by atoms with Crippen molar-refractivity contribution in [3.63, 3.8) is 0 Å². The van der Waals surface area contributed by atoms with Crippen LogP contribution in [-0.4, -0.2) is 18.0 Å². The minimum atomic E-state index is 0. The molecule has 1 atom stereocenters. The summed E-state index contributed by atoms with van der Waals surface area (Å²) in [6.45, 7) is 0. The average molecular weight is 312 g/mol. The third-order valence-electron chi connectivity index (χ3n) is 0. The predicted octanol–water partition coefficient (Wildman–Crippen LogP) is -0.388. The van der Waals surface area contributed by atoms with E-state index in [9.17, 15) is 0 Å². The molecule has 0 aromatic heterocycles. The Kier molecular flexibility index (Phi) is 322. The monoisotopic (exact) mass is 313 g/mol. The molecule has 0 aliphatic rings. The van der Waals surface area contributed by atoms with Gasteiger partial charge in [-0.05, 0) is 0 Å². The first-order valence-corrected chi connectivity index (χ1v) is 0. The molecular weight excluding hydrogens is 302 g/mol. The summed E-state index contributed by atoms with van der Waals surface area (Å²) in [7, 11) is 0. The van der Waals surface area contributed by atoms with Crippen LogP contribution in [0.1, 0.15) is 7.43 Å². The van der Waals surface area contributed by atoms with Crippen LogP contribution in [0.25, 0.3) is 0 Å². The smallest absolute Gasteiger partial charge is 0 e. The Labute approximate surface area is 58.9 Å². The van der Waals surface area contributed by atoms with Crippen LogP contribution in [0.15, 0.2) is 0 Å². The summed E-state index contributed by atoms with van der Waals surface area (Å²) in [5, 5.41) is 0. The number of hydrogen-bond donors (Lipinski definition) is 1. The van der Waals surface area contributed by atoms with Crippen molar-refractivity contribution in [2.75, 3.05) is 0 Å². The van der Waals surface area contributed by atoms with Gasteiger partial charge in [-0.1, -0.05) is 7.43 Å². The zero-order valence-corrected chi connectivity index (χ0v) is 10.6. The van der Waals surface area contributed by atoms with Crippen LogP contribution in [0, 0.1) is 0 Å². The molecule has 0 rings (SSSR count). The van der Waals surface area contributed by atoms with E-state index in [-0.39, 0.29) is 59.2 Å². The van der Waals surface area contributed by atoms with Gasteiger partial charge in [0, 0.05) is 27.7 Å². The van der Waals surface area contributed by atoms with Crippen LogP contribution in [0.2, 0.25) is 0 Å². The Hall–Kier alpha value is 1.45. The summed E-state index contributed by atoms with van der Waals surface area (Å²) in [6, 6.07) is 0. The molecule has 0 fully saturated rings. The van der Waals surface area contributed by atoms with Gasteiger partial charge >= 0.3 is 18.0 Å². The Morgan fingerprint density at radius 2 is 1.00 bits per heavy atom. The normalized spacial score (nSPS) is 0. The van der Waals surface area contributed by atoms with Crippen molar-refractivity contribution in [1.29, 1.82) is 0 Å². The van der Waals surface area contributed by atoms with E-state index < -0.39 is 0 Å². The molecule has 3 heteroatoms. The van der Waals surface area contributed by atoms with Crippen LogP contribution in [-0.2, 0) is 27.7 Å². The van der Waals surface area contributed by atoms with Crippen LogP contribution < -0.4 is 6.15 Å². The first kappa shape index (κ1) is 51.2. The molecule has 4 heavy (non-hydrogen) atoms. The largest absolute Gasteiger partial charge is 0 e. The Morgan fingerprint density at radius 3 is 1.00 bits per heavy atom. The zero-order valence-electron chi connectivity index (χ0n) is 2.12. The second-order valence-corrected chi connectivity index (χ2v) is 0. The Morgan fingerprint density at radius 1 is 1.00 bits per heavy atom. The van der Waals surface area contributed by atoms with Gasteiger partial charge in [-0.2, -0.15) is 0 Å². The molecular formula is CH10AsHgN. The average Bonchev–Trinajstić information content (AvgIpc) is 0. The molecule has 3 N–H and O–H groups in total. The van der Waals surface area contributed by atoms with Crippen LogP contribution in [0.5, 0.6) is 0 Å².